The zero-order chi connectivity index (χ0) is 20.4. The quantitative estimate of drug-likeness (QED) is 0.674. The van der Waals surface area contributed by atoms with Gasteiger partial charge in [-0.2, -0.15) is 0 Å². The lowest BCUT2D eigenvalue weighted by molar-refractivity contribution is -0.134. The Morgan fingerprint density at radius 3 is 2.62 bits per heavy atom. The van der Waals surface area contributed by atoms with Crippen LogP contribution in [0.25, 0.3) is 16.2 Å². The summed E-state index contributed by atoms with van der Waals surface area (Å²) in [5.41, 5.74) is 8.38. The Morgan fingerprint density at radius 2 is 1.97 bits per heavy atom. The van der Waals surface area contributed by atoms with Crippen LogP contribution in [-0.4, -0.2) is 46.3 Å². The number of thiazole rings is 1. The van der Waals surface area contributed by atoms with Gasteiger partial charge in [0.05, 0.1) is 12.8 Å². The van der Waals surface area contributed by atoms with Crippen LogP contribution in [0.4, 0.5) is 0 Å². The van der Waals surface area contributed by atoms with Crippen LogP contribution in [0.5, 0.6) is 5.75 Å². The van der Waals surface area contributed by atoms with Gasteiger partial charge in [0.1, 0.15) is 5.75 Å². The summed E-state index contributed by atoms with van der Waals surface area (Å²) in [5, 5.41) is 2.06. The van der Waals surface area contributed by atoms with E-state index in [9.17, 15) is 9.59 Å². The van der Waals surface area contributed by atoms with E-state index in [1.165, 1.54) is 0 Å². The molecule has 152 valence electrons. The van der Waals surface area contributed by atoms with Crippen molar-refractivity contribution in [2.24, 2.45) is 11.7 Å². The highest BCUT2D eigenvalue weighted by Gasteiger charge is 2.25. The first-order chi connectivity index (χ1) is 14.0. The van der Waals surface area contributed by atoms with Gasteiger partial charge in [-0.15, -0.1) is 11.3 Å². The van der Waals surface area contributed by atoms with E-state index in [2.05, 4.69) is 9.78 Å². The third-order valence-electron chi connectivity index (χ3n) is 5.51. The first-order valence-corrected chi connectivity index (χ1v) is 10.6. The summed E-state index contributed by atoms with van der Waals surface area (Å²) >= 11 is 1.58. The molecule has 0 radical (unpaired) electrons. The van der Waals surface area contributed by atoms with Crippen LogP contribution in [0.3, 0.4) is 0 Å². The summed E-state index contributed by atoms with van der Waals surface area (Å²) in [6.07, 6.45) is 4.45. The highest BCUT2D eigenvalue weighted by Crippen LogP contribution is 2.26. The minimum atomic E-state index is -0.259. The second-order valence-corrected chi connectivity index (χ2v) is 8.13. The van der Waals surface area contributed by atoms with E-state index in [0.717, 1.165) is 27.7 Å². The number of likely N-dealkylation sites (tertiary alicyclic amines) is 1. The Morgan fingerprint density at radius 1 is 1.24 bits per heavy atom. The minimum absolute atomic E-state index is 0.0992. The standard InChI is InChI=1S/C21H24N4O3S/c1-28-17-5-2-14(3-6-17)18-12-25-16(13-29-21(25)23-18)4-7-19(26)24-10-8-15(9-11-24)20(22)27/h2-3,5-6,12-13,15H,4,7-11H2,1H3,(H2,22,27). The lowest BCUT2D eigenvalue weighted by Crippen LogP contribution is -2.41. The molecule has 3 heterocycles. The average molecular weight is 413 g/mol. The molecule has 0 aliphatic carbocycles. The third kappa shape index (κ3) is 4.12. The lowest BCUT2D eigenvalue weighted by atomic mass is 9.96. The Hall–Kier alpha value is -2.87. The average Bonchev–Trinajstić information content (AvgIpc) is 3.33. The smallest absolute Gasteiger partial charge is 0.222 e. The minimum Gasteiger partial charge on any atom is -0.497 e. The number of methoxy groups -OCH3 is 1. The van der Waals surface area contributed by atoms with Crippen molar-refractivity contribution >= 4 is 28.1 Å². The van der Waals surface area contributed by atoms with Gasteiger partial charge in [0.15, 0.2) is 4.96 Å². The molecule has 1 fully saturated rings. The van der Waals surface area contributed by atoms with Crippen molar-refractivity contribution in [2.45, 2.75) is 25.7 Å². The molecule has 0 unspecified atom stereocenters. The van der Waals surface area contributed by atoms with Gasteiger partial charge >= 0.3 is 0 Å². The maximum Gasteiger partial charge on any atom is 0.222 e. The summed E-state index contributed by atoms with van der Waals surface area (Å²) in [6, 6.07) is 7.82. The molecular weight excluding hydrogens is 388 g/mol. The molecular formula is C21H24N4O3S. The molecule has 29 heavy (non-hydrogen) atoms. The number of aryl methyl sites for hydroxylation is 1. The summed E-state index contributed by atoms with van der Waals surface area (Å²) < 4.78 is 7.27. The first kappa shape index (κ1) is 19.4. The molecule has 1 aliphatic heterocycles. The number of piperidine rings is 1. The van der Waals surface area contributed by atoms with Crippen LogP contribution < -0.4 is 10.5 Å². The summed E-state index contributed by atoms with van der Waals surface area (Å²) in [7, 11) is 1.65. The number of primary amides is 1. The fourth-order valence-corrected chi connectivity index (χ4v) is 4.62. The number of nitrogens with zero attached hydrogens (tertiary/aromatic N) is 3. The number of hydrogen-bond donors (Lipinski definition) is 1. The summed E-state index contributed by atoms with van der Waals surface area (Å²) in [4.78, 5) is 31.3. The molecule has 4 rings (SSSR count). The fraction of sp³-hybridized carbons (Fsp3) is 0.381. The van der Waals surface area contributed by atoms with E-state index in [4.69, 9.17) is 15.5 Å². The van der Waals surface area contributed by atoms with Crippen LogP contribution >= 0.6 is 11.3 Å². The van der Waals surface area contributed by atoms with Gasteiger partial charge in [0, 0.05) is 48.3 Å². The van der Waals surface area contributed by atoms with Crippen molar-refractivity contribution in [1.82, 2.24) is 14.3 Å². The van der Waals surface area contributed by atoms with Crippen LogP contribution in [0.2, 0.25) is 0 Å². The molecule has 0 saturated carbocycles. The molecule has 0 atom stereocenters. The number of amides is 2. The molecule has 3 aromatic rings. The SMILES string of the molecule is COc1ccc(-c2cn3c(CCC(=O)N4CCC(C(N)=O)CC4)csc3n2)cc1. The monoisotopic (exact) mass is 412 g/mol. The second-order valence-electron chi connectivity index (χ2n) is 7.29. The number of ether oxygens (including phenoxy) is 1. The van der Waals surface area contributed by atoms with Crippen molar-refractivity contribution in [3.63, 3.8) is 0 Å². The first-order valence-electron chi connectivity index (χ1n) is 9.72. The Labute approximate surface area is 173 Å². The maximum absolute atomic E-state index is 12.6. The number of nitrogens with two attached hydrogens (primary N) is 1. The summed E-state index contributed by atoms with van der Waals surface area (Å²) in [5.74, 6) is 0.583. The third-order valence-corrected chi connectivity index (χ3v) is 6.40. The van der Waals surface area contributed by atoms with Crippen LogP contribution in [0, 0.1) is 5.92 Å². The van der Waals surface area contributed by atoms with Gasteiger partial charge in [-0.1, -0.05) is 0 Å². The number of rotatable bonds is 6. The molecule has 2 N–H and O–H groups in total. The Balaban J connectivity index is 1.40. The zero-order valence-corrected chi connectivity index (χ0v) is 17.2. The van der Waals surface area contributed by atoms with Crippen molar-refractivity contribution in [3.05, 3.63) is 41.5 Å². The molecule has 0 bridgehead atoms. The molecule has 2 amide bonds. The number of aromatic nitrogens is 2. The molecule has 7 nitrogen and oxygen atoms in total. The number of imidazole rings is 1. The number of benzene rings is 1. The van der Waals surface area contributed by atoms with E-state index < -0.39 is 0 Å². The largest absolute Gasteiger partial charge is 0.497 e. The topological polar surface area (TPSA) is 89.9 Å². The molecule has 1 saturated heterocycles. The van der Waals surface area contributed by atoms with Gasteiger partial charge in [0.25, 0.3) is 0 Å². The van der Waals surface area contributed by atoms with Gasteiger partial charge in [-0.25, -0.2) is 4.98 Å². The number of hydrogen-bond acceptors (Lipinski definition) is 5. The van der Waals surface area contributed by atoms with Gasteiger partial charge in [-0.05, 0) is 43.5 Å². The van der Waals surface area contributed by atoms with Crippen LogP contribution in [0.15, 0.2) is 35.8 Å². The zero-order valence-electron chi connectivity index (χ0n) is 16.3. The molecule has 0 spiro atoms. The van der Waals surface area contributed by atoms with E-state index in [1.54, 1.807) is 18.4 Å². The number of fused-ring (bicyclic) bond motifs is 1. The van der Waals surface area contributed by atoms with E-state index in [-0.39, 0.29) is 17.7 Å². The summed E-state index contributed by atoms with van der Waals surface area (Å²) in [6.45, 7) is 1.22. The second kappa shape index (κ2) is 8.24. The highest BCUT2D eigenvalue weighted by atomic mass is 32.1. The predicted octanol–water partition coefficient (Wildman–Crippen LogP) is 2.73. The van der Waals surface area contributed by atoms with Crippen molar-refractivity contribution in [1.29, 1.82) is 0 Å². The maximum atomic E-state index is 12.6. The Bertz CT molecular complexity index is 1020. The normalized spacial score (nSPS) is 15.0. The lowest BCUT2D eigenvalue weighted by Gasteiger charge is -2.30. The van der Waals surface area contributed by atoms with Crippen LogP contribution in [-0.2, 0) is 16.0 Å². The van der Waals surface area contributed by atoms with E-state index in [0.29, 0.717) is 38.8 Å². The number of carbonyl (C=O) groups is 2. The predicted molar refractivity (Wildman–Crippen MR) is 112 cm³/mol. The van der Waals surface area contributed by atoms with E-state index >= 15 is 0 Å². The number of carbonyl (C=O) groups excluding carboxylic acids is 2. The van der Waals surface area contributed by atoms with Gasteiger partial charge in [-0.3, -0.25) is 14.0 Å². The molecule has 1 aliphatic rings. The van der Waals surface area contributed by atoms with Gasteiger partial charge < -0.3 is 15.4 Å². The van der Waals surface area contributed by atoms with Crippen molar-refractivity contribution in [2.75, 3.05) is 20.2 Å². The molecule has 1 aromatic carbocycles. The molecule has 2 aromatic heterocycles. The van der Waals surface area contributed by atoms with E-state index in [1.807, 2.05) is 35.4 Å². The van der Waals surface area contributed by atoms with Gasteiger partial charge in [0.2, 0.25) is 11.8 Å². The van der Waals surface area contributed by atoms with Crippen LogP contribution in [0.1, 0.15) is 25.0 Å². The molecule has 8 heteroatoms. The fourth-order valence-electron chi connectivity index (χ4n) is 3.72. The highest BCUT2D eigenvalue weighted by molar-refractivity contribution is 7.15. The van der Waals surface area contributed by atoms with Crippen molar-refractivity contribution in [3.8, 4) is 17.0 Å². The Kier molecular flexibility index (Phi) is 5.53. The van der Waals surface area contributed by atoms with Crippen molar-refractivity contribution < 1.29 is 14.3 Å².